The molecule has 3 aromatic rings. The zero-order valence-electron chi connectivity index (χ0n) is 20.4. The van der Waals surface area contributed by atoms with Gasteiger partial charge in [-0.3, -0.25) is 4.79 Å². The van der Waals surface area contributed by atoms with E-state index in [1.807, 2.05) is 66.7 Å². The van der Waals surface area contributed by atoms with Crippen molar-refractivity contribution >= 4 is 45.1 Å². The highest BCUT2D eigenvalue weighted by molar-refractivity contribution is 9.10. The van der Waals surface area contributed by atoms with Gasteiger partial charge in [-0.25, -0.2) is 0 Å². The highest BCUT2D eigenvalue weighted by atomic mass is 79.9. The summed E-state index contributed by atoms with van der Waals surface area (Å²) in [6, 6.07) is 23.9. The number of Topliss-reactive ketones (excluding diaryl/α,β-unsaturated/α-hetero) is 1. The second kappa shape index (κ2) is 9.76. The fourth-order valence-electron chi connectivity index (χ4n) is 4.98. The number of carbonyl (C=O) groups excluding carboxylic acids is 1. The number of methoxy groups -OCH3 is 1. The first-order chi connectivity index (χ1) is 17.2. The SMILES string of the molecule is COc1ccc(C2=CC(c3ccc(Br)cc3)C3=C(CC(C)(C)/C(=C/c4ccc(Cl)cc4)C3=O)N2)cc1. The van der Waals surface area contributed by atoms with Gasteiger partial charge >= 0.3 is 0 Å². The van der Waals surface area contributed by atoms with Crippen molar-refractivity contribution < 1.29 is 9.53 Å². The van der Waals surface area contributed by atoms with E-state index in [1.54, 1.807) is 7.11 Å². The zero-order valence-corrected chi connectivity index (χ0v) is 22.8. The summed E-state index contributed by atoms with van der Waals surface area (Å²) < 4.78 is 6.35. The van der Waals surface area contributed by atoms with Crippen molar-refractivity contribution in [1.82, 2.24) is 5.32 Å². The van der Waals surface area contributed by atoms with Crippen LogP contribution >= 0.6 is 27.5 Å². The monoisotopic (exact) mass is 559 g/mol. The first kappa shape index (κ1) is 24.6. The molecule has 0 saturated heterocycles. The number of hydrogen-bond donors (Lipinski definition) is 1. The summed E-state index contributed by atoms with van der Waals surface area (Å²) in [5.41, 5.74) is 6.38. The van der Waals surface area contributed by atoms with Gasteiger partial charge in [-0.2, -0.15) is 0 Å². The molecule has 5 heteroatoms. The molecule has 1 unspecified atom stereocenters. The van der Waals surface area contributed by atoms with E-state index in [9.17, 15) is 4.79 Å². The molecule has 1 aliphatic carbocycles. The molecule has 0 fully saturated rings. The molecular weight excluding hydrogens is 534 g/mol. The molecule has 0 spiro atoms. The van der Waals surface area contributed by atoms with Crippen LogP contribution in [0.2, 0.25) is 5.02 Å². The Labute approximate surface area is 225 Å². The normalized spacial score (nSPS) is 20.0. The number of carbonyl (C=O) groups is 1. The lowest BCUT2D eigenvalue weighted by Gasteiger charge is -2.40. The van der Waals surface area contributed by atoms with Crippen molar-refractivity contribution in [2.45, 2.75) is 26.2 Å². The standard InChI is InChI=1S/C31H27BrClNO2/c1-31(2)18-28-29(30(35)26(31)16-19-4-12-23(33)13-5-19)25(20-6-10-22(32)11-7-20)17-27(34-28)21-8-14-24(36-3)15-9-21/h4-17,25,34H,18H2,1-3H3/b26-16+. The molecular formula is C31H27BrClNO2. The minimum Gasteiger partial charge on any atom is -0.497 e. The maximum atomic E-state index is 14.2. The second-order valence-corrected chi connectivity index (χ2v) is 11.2. The first-order valence-electron chi connectivity index (χ1n) is 11.9. The smallest absolute Gasteiger partial charge is 0.188 e. The Kier molecular flexibility index (Phi) is 6.67. The van der Waals surface area contributed by atoms with Crippen molar-refractivity contribution in [3.05, 3.63) is 122 Å². The van der Waals surface area contributed by atoms with E-state index in [0.717, 1.165) is 55.9 Å². The van der Waals surface area contributed by atoms with E-state index < -0.39 is 0 Å². The topological polar surface area (TPSA) is 38.3 Å². The minimum atomic E-state index is -0.338. The van der Waals surface area contributed by atoms with E-state index in [0.29, 0.717) is 5.02 Å². The maximum absolute atomic E-state index is 14.2. The number of ether oxygens (including phenoxy) is 1. The Morgan fingerprint density at radius 1 is 1.00 bits per heavy atom. The van der Waals surface area contributed by atoms with Crippen molar-refractivity contribution in [2.24, 2.45) is 5.41 Å². The molecule has 182 valence electrons. The Balaban J connectivity index is 1.62. The number of benzene rings is 3. The Morgan fingerprint density at radius 3 is 2.31 bits per heavy atom. The molecule has 1 aliphatic heterocycles. The van der Waals surface area contributed by atoms with E-state index in [1.165, 1.54) is 0 Å². The third-order valence-electron chi connectivity index (χ3n) is 6.90. The molecule has 1 heterocycles. The number of halogens is 2. The lowest BCUT2D eigenvalue weighted by atomic mass is 9.67. The van der Waals surface area contributed by atoms with Crippen molar-refractivity contribution in [3.63, 3.8) is 0 Å². The van der Waals surface area contributed by atoms with E-state index in [4.69, 9.17) is 16.3 Å². The summed E-state index contributed by atoms with van der Waals surface area (Å²) in [5.74, 6) is 0.732. The average Bonchev–Trinajstić information content (AvgIpc) is 2.87. The third kappa shape index (κ3) is 4.80. The molecule has 1 atom stereocenters. The molecule has 1 N–H and O–H groups in total. The van der Waals surface area contributed by atoms with Gasteiger partial charge in [0.15, 0.2) is 5.78 Å². The summed E-state index contributed by atoms with van der Waals surface area (Å²) in [7, 11) is 1.67. The van der Waals surface area contributed by atoms with E-state index in [-0.39, 0.29) is 17.1 Å². The van der Waals surface area contributed by atoms with Crippen LogP contribution in [-0.2, 0) is 4.79 Å². The predicted molar refractivity (Wildman–Crippen MR) is 151 cm³/mol. The summed E-state index contributed by atoms with van der Waals surface area (Å²) in [6.45, 7) is 4.27. The molecule has 36 heavy (non-hydrogen) atoms. The van der Waals surface area contributed by atoms with Gasteiger partial charge in [0, 0.05) is 38.0 Å². The van der Waals surface area contributed by atoms with Crippen molar-refractivity contribution in [2.75, 3.05) is 7.11 Å². The summed E-state index contributed by atoms with van der Waals surface area (Å²) in [4.78, 5) is 14.2. The van der Waals surface area contributed by atoms with Crippen LogP contribution < -0.4 is 10.1 Å². The summed E-state index contributed by atoms with van der Waals surface area (Å²) in [5, 5.41) is 4.30. The largest absolute Gasteiger partial charge is 0.497 e. The fourth-order valence-corrected chi connectivity index (χ4v) is 5.37. The van der Waals surface area contributed by atoms with Gasteiger partial charge < -0.3 is 10.1 Å². The number of dihydropyridines is 1. The van der Waals surface area contributed by atoms with E-state index in [2.05, 4.69) is 53.3 Å². The highest BCUT2D eigenvalue weighted by Gasteiger charge is 2.42. The molecule has 2 aliphatic rings. The van der Waals surface area contributed by atoms with Crippen LogP contribution in [0.15, 0.2) is 100 Å². The Morgan fingerprint density at radius 2 is 1.67 bits per heavy atom. The van der Waals surface area contributed by atoms with Gasteiger partial charge in [0.25, 0.3) is 0 Å². The second-order valence-electron chi connectivity index (χ2n) is 9.85. The van der Waals surface area contributed by atoms with Gasteiger partial charge in [0.05, 0.1) is 7.11 Å². The Hall–Kier alpha value is -3.08. The van der Waals surface area contributed by atoms with Gasteiger partial charge in [0.2, 0.25) is 0 Å². The van der Waals surface area contributed by atoms with Gasteiger partial charge in [0.1, 0.15) is 5.75 Å². The van der Waals surface area contributed by atoms with Gasteiger partial charge in [-0.05, 0) is 89.2 Å². The lowest BCUT2D eigenvalue weighted by molar-refractivity contribution is -0.113. The fraction of sp³-hybridized carbons (Fsp3) is 0.194. The number of hydrogen-bond acceptors (Lipinski definition) is 3. The van der Waals surface area contributed by atoms with E-state index >= 15 is 0 Å². The third-order valence-corrected chi connectivity index (χ3v) is 7.68. The summed E-state index contributed by atoms with van der Waals surface area (Å²) >= 11 is 9.63. The molecule has 3 nitrogen and oxygen atoms in total. The lowest BCUT2D eigenvalue weighted by Crippen LogP contribution is -2.37. The van der Waals surface area contributed by atoms with Crippen LogP contribution in [-0.4, -0.2) is 12.9 Å². The van der Waals surface area contributed by atoms with Crippen molar-refractivity contribution in [1.29, 1.82) is 0 Å². The van der Waals surface area contributed by atoms with Crippen LogP contribution in [0, 0.1) is 5.41 Å². The first-order valence-corrected chi connectivity index (χ1v) is 13.1. The maximum Gasteiger partial charge on any atom is 0.188 e. The molecule has 0 bridgehead atoms. The van der Waals surface area contributed by atoms with Gasteiger partial charge in [-0.1, -0.05) is 65.6 Å². The molecule has 0 radical (unpaired) electrons. The molecule has 3 aromatic carbocycles. The zero-order chi connectivity index (χ0) is 25.4. The van der Waals surface area contributed by atoms with Crippen molar-refractivity contribution in [3.8, 4) is 5.75 Å². The van der Waals surface area contributed by atoms with Crippen LogP contribution in [0.5, 0.6) is 5.75 Å². The molecule has 0 saturated carbocycles. The molecule has 0 aromatic heterocycles. The number of allylic oxidation sites excluding steroid dienone is 4. The summed E-state index contributed by atoms with van der Waals surface area (Å²) in [6.07, 6.45) is 4.91. The number of rotatable bonds is 4. The quantitative estimate of drug-likeness (QED) is 0.327. The van der Waals surface area contributed by atoms with Gasteiger partial charge in [-0.15, -0.1) is 0 Å². The highest BCUT2D eigenvalue weighted by Crippen LogP contribution is 2.48. The van der Waals surface area contributed by atoms with Crippen LogP contribution in [0.3, 0.4) is 0 Å². The molecule has 5 rings (SSSR count). The molecule has 0 amide bonds. The van der Waals surface area contributed by atoms with Crippen LogP contribution in [0.4, 0.5) is 0 Å². The minimum absolute atomic E-state index is 0.0849. The number of ketones is 1. The Bertz CT molecular complexity index is 1400. The predicted octanol–water partition coefficient (Wildman–Crippen LogP) is 8.18. The van der Waals surface area contributed by atoms with Crippen LogP contribution in [0.25, 0.3) is 11.8 Å². The van der Waals surface area contributed by atoms with Crippen LogP contribution in [0.1, 0.15) is 42.9 Å². The average molecular weight is 561 g/mol. The number of nitrogens with one attached hydrogen (secondary N) is 1.